The Kier molecular flexibility index (Phi) is 3.51. The quantitative estimate of drug-likeness (QED) is 0.747. The molecular weight excluding hydrogens is 268 g/mol. The number of nitrogens with zero attached hydrogens (tertiary/aromatic N) is 3. The number of hydrogen-bond donors (Lipinski definition) is 1. The van der Waals surface area contributed by atoms with Gasteiger partial charge in [-0.25, -0.2) is 0 Å². The Morgan fingerprint density at radius 1 is 0.952 bits per heavy atom. The van der Waals surface area contributed by atoms with Gasteiger partial charge in [0, 0.05) is 12.3 Å². The van der Waals surface area contributed by atoms with Crippen LogP contribution in [0.4, 0.5) is 5.69 Å². The molecule has 21 heavy (non-hydrogen) atoms. The maximum Gasteiger partial charge on any atom is 0.162 e. The third kappa shape index (κ3) is 2.69. The van der Waals surface area contributed by atoms with E-state index in [4.69, 9.17) is 9.47 Å². The molecular formula is C15H14N4O2. The van der Waals surface area contributed by atoms with Gasteiger partial charge in [0.1, 0.15) is 11.0 Å². The molecule has 6 nitrogen and oxygen atoms in total. The Bertz CT molecular complexity index is 795. The fraction of sp³-hybridized carbons (Fsp3) is 0.133. The summed E-state index contributed by atoms with van der Waals surface area (Å²) in [5, 5.41) is 10.7. The number of ether oxygens (including phenoxy) is 2. The Hall–Kier alpha value is -2.89. The van der Waals surface area contributed by atoms with Crippen LogP contribution in [0.3, 0.4) is 0 Å². The molecule has 0 fully saturated rings. The Morgan fingerprint density at radius 2 is 1.76 bits per heavy atom. The van der Waals surface area contributed by atoms with E-state index in [0.717, 1.165) is 22.3 Å². The van der Waals surface area contributed by atoms with Gasteiger partial charge in [-0.1, -0.05) is 6.07 Å². The summed E-state index contributed by atoms with van der Waals surface area (Å²) in [5.41, 5.74) is 3.38. The van der Waals surface area contributed by atoms with Crippen molar-refractivity contribution in [2.24, 2.45) is 4.99 Å². The van der Waals surface area contributed by atoms with E-state index in [-0.39, 0.29) is 0 Å². The molecule has 0 aliphatic heterocycles. The zero-order chi connectivity index (χ0) is 14.7. The van der Waals surface area contributed by atoms with Crippen LogP contribution in [0.25, 0.3) is 11.0 Å². The summed E-state index contributed by atoms with van der Waals surface area (Å²) in [6, 6.07) is 11.3. The number of fused-ring (bicyclic) bond motifs is 1. The van der Waals surface area contributed by atoms with Crippen LogP contribution in [0.5, 0.6) is 11.5 Å². The van der Waals surface area contributed by atoms with Gasteiger partial charge in [-0.3, -0.25) is 4.99 Å². The molecule has 0 atom stereocenters. The van der Waals surface area contributed by atoms with Crippen LogP contribution in [0.1, 0.15) is 5.56 Å². The van der Waals surface area contributed by atoms with Gasteiger partial charge in [0.2, 0.25) is 0 Å². The number of nitrogens with one attached hydrogen (secondary N) is 1. The molecule has 1 N–H and O–H groups in total. The Balaban J connectivity index is 1.87. The van der Waals surface area contributed by atoms with Crippen molar-refractivity contribution in [1.82, 2.24) is 15.4 Å². The highest BCUT2D eigenvalue weighted by molar-refractivity contribution is 5.87. The first-order chi connectivity index (χ1) is 10.3. The number of methoxy groups -OCH3 is 2. The molecule has 0 saturated heterocycles. The first-order valence-electron chi connectivity index (χ1n) is 6.37. The Morgan fingerprint density at radius 3 is 2.57 bits per heavy atom. The van der Waals surface area contributed by atoms with Crippen molar-refractivity contribution in [3.05, 3.63) is 42.0 Å². The summed E-state index contributed by atoms with van der Waals surface area (Å²) in [4.78, 5) is 4.43. The molecule has 2 aromatic carbocycles. The average molecular weight is 282 g/mol. The molecule has 3 rings (SSSR count). The van der Waals surface area contributed by atoms with Crippen LogP contribution in [-0.4, -0.2) is 35.8 Å². The Labute approximate surface area is 121 Å². The van der Waals surface area contributed by atoms with Crippen molar-refractivity contribution in [2.45, 2.75) is 0 Å². The van der Waals surface area contributed by atoms with Crippen LogP contribution < -0.4 is 9.47 Å². The lowest BCUT2D eigenvalue weighted by Gasteiger charge is -2.07. The highest BCUT2D eigenvalue weighted by Crippen LogP contribution is 2.30. The number of aromatic nitrogens is 3. The zero-order valence-electron chi connectivity index (χ0n) is 11.7. The van der Waals surface area contributed by atoms with Crippen molar-refractivity contribution >= 4 is 22.9 Å². The summed E-state index contributed by atoms with van der Waals surface area (Å²) < 4.78 is 10.5. The number of hydrogen-bond acceptors (Lipinski definition) is 5. The number of rotatable bonds is 4. The number of aromatic amines is 1. The first-order valence-corrected chi connectivity index (χ1v) is 6.37. The van der Waals surface area contributed by atoms with Gasteiger partial charge in [0.25, 0.3) is 0 Å². The molecule has 0 bridgehead atoms. The molecule has 1 aromatic heterocycles. The summed E-state index contributed by atoms with van der Waals surface area (Å²) >= 11 is 0. The van der Waals surface area contributed by atoms with E-state index in [1.807, 2.05) is 36.4 Å². The van der Waals surface area contributed by atoms with Crippen molar-refractivity contribution in [3.8, 4) is 11.5 Å². The van der Waals surface area contributed by atoms with Gasteiger partial charge >= 0.3 is 0 Å². The molecule has 0 spiro atoms. The second-order valence-electron chi connectivity index (χ2n) is 4.37. The van der Waals surface area contributed by atoms with E-state index in [9.17, 15) is 0 Å². The average Bonchev–Trinajstić information content (AvgIpc) is 3.00. The summed E-state index contributed by atoms with van der Waals surface area (Å²) in [6.45, 7) is 0. The molecule has 0 amide bonds. The standard InChI is InChI=1S/C15H14N4O2/c1-20-14-6-4-11(8-15(14)21-2)16-9-10-3-5-12-13(7-10)18-19-17-12/h3-9H,1-2H3,(H,17,18,19). The predicted molar refractivity (Wildman–Crippen MR) is 80.7 cm³/mol. The van der Waals surface area contributed by atoms with Gasteiger partial charge < -0.3 is 9.47 Å². The lowest BCUT2D eigenvalue weighted by Crippen LogP contribution is -1.89. The second-order valence-corrected chi connectivity index (χ2v) is 4.37. The highest BCUT2D eigenvalue weighted by atomic mass is 16.5. The van der Waals surface area contributed by atoms with Crippen LogP contribution in [0.2, 0.25) is 0 Å². The van der Waals surface area contributed by atoms with E-state index >= 15 is 0 Å². The molecule has 3 aromatic rings. The van der Waals surface area contributed by atoms with Crippen LogP contribution >= 0.6 is 0 Å². The molecule has 6 heteroatoms. The van der Waals surface area contributed by atoms with Crippen LogP contribution in [0, 0.1) is 0 Å². The maximum absolute atomic E-state index is 5.25. The third-order valence-electron chi connectivity index (χ3n) is 3.07. The molecule has 0 radical (unpaired) electrons. The first kappa shape index (κ1) is 13.1. The SMILES string of the molecule is COc1ccc(N=Cc2ccc3n[nH]nc3c2)cc1OC. The van der Waals surface area contributed by atoms with Crippen molar-refractivity contribution in [1.29, 1.82) is 0 Å². The second kappa shape index (κ2) is 5.62. The fourth-order valence-corrected chi connectivity index (χ4v) is 1.99. The van der Waals surface area contributed by atoms with Crippen molar-refractivity contribution in [2.75, 3.05) is 14.2 Å². The largest absolute Gasteiger partial charge is 0.493 e. The van der Waals surface area contributed by atoms with E-state index in [0.29, 0.717) is 11.5 Å². The minimum absolute atomic E-state index is 0.652. The summed E-state index contributed by atoms with van der Waals surface area (Å²) in [5.74, 6) is 1.33. The van der Waals surface area contributed by atoms with Gasteiger partial charge in [0.15, 0.2) is 11.5 Å². The molecule has 0 unspecified atom stereocenters. The molecule has 1 heterocycles. The normalized spacial score (nSPS) is 11.1. The van der Waals surface area contributed by atoms with Crippen LogP contribution in [0.15, 0.2) is 41.4 Å². The monoisotopic (exact) mass is 282 g/mol. The van der Waals surface area contributed by atoms with Gasteiger partial charge in [-0.2, -0.15) is 15.4 Å². The van der Waals surface area contributed by atoms with E-state index in [1.54, 1.807) is 20.4 Å². The van der Waals surface area contributed by atoms with Crippen LogP contribution in [-0.2, 0) is 0 Å². The fourth-order valence-electron chi connectivity index (χ4n) is 1.99. The summed E-state index contributed by atoms with van der Waals surface area (Å²) in [7, 11) is 3.21. The minimum Gasteiger partial charge on any atom is -0.493 e. The molecule has 0 saturated carbocycles. The van der Waals surface area contributed by atoms with Gasteiger partial charge in [-0.15, -0.1) is 0 Å². The molecule has 106 valence electrons. The summed E-state index contributed by atoms with van der Waals surface area (Å²) in [6.07, 6.45) is 1.77. The zero-order valence-corrected chi connectivity index (χ0v) is 11.7. The minimum atomic E-state index is 0.652. The van der Waals surface area contributed by atoms with E-state index in [2.05, 4.69) is 20.4 Å². The van der Waals surface area contributed by atoms with Gasteiger partial charge in [0.05, 0.1) is 19.9 Å². The van der Waals surface area contributed by atoms with Crippen molar-refractivity contribution < 1.29 is 9.47 Å². The lowest BCUT2D eigenvalue weighted by molar-refractivity contribution is 0.355. The van der Waals surface area contributed by atoms with E-state index in [1.165, 1.54) is 0 Å². The topological polar surface area (TPSA) is 72.4 Å². The number of aliphatic imine (C=N–C) groups is 1. The highest BCUT2D eigenvalue weighted by Gasteiger charge is 2.03. The predicted octanol–water partition coefficient (Wildman–Crippen LogP) is 2.73. The number of benzene rings is 2. The maximum atomic E-state index is 5.25. The smallest absolute Gasteiger partial charge is 0.162 e. The third-order valence-corrected chi connectivity index (χ3v) is 3.07. The number of H-pyrrole nitrogens is 1. The lowest BCUT2D eigenvalue weighted by atomic mass is 10.2. The molecule has 0 aliphatic carbocycles. The van der Waals surface area contributed by atoms with Gasteiger partial charge in [-0.05, 0) is 29.8 Å². The molecule has 0 aliphatic rings. The van der Waals surface area contributed by atoms with E-state index < -0.39 is 0 Å². The van der Waals surface area contributed by atoms with Crippen molar-refractivity contribution in [3.63, 3.8) is 0 Å².